The lowest BCUT2D eigenvalue weighted by Crippen LogP contribution is -2.41. The molecule has 0 unspecified atom stereocenters. The van der Waals surface area contributed by atoms with Crippen LogP contribution in [0, 0.1) is 0 Å². The second-order valence-electron chi connectivity index (χ2n) is 13.3. The SMILES string of the molecule is CN1NC(c2ccccc2)=NC(c2ccccc2)=C1c1ccccc1-c1ccc2c(c1)-c1ccccc1C21c2ccccc2Sc2ccccc21. The van der Waals surface area contributed by atoms with E-state index in [-0.39, 0.29) is 5.41 Å². The molecule has 0 saturated carbocycles. The molecule has 0 radical (unpaired) electrons. The first-order chi connectivity index (χ1) is 25.2. The Balaban J connectivity index is 1.20. The molecule has 0 aromatic heterocycles. The number of amidine groups is 1. The quantitative estimate of drug-likeness (QED) is 0.202. The highest BCUT2D eigenvalue weighted by Crippen LogP contribution is 2.62. The van der Waals surface area contributed by atoms with Crippen molar-refractivity contribution in [2.45, 2.75) is 15.2 Å². The fraction of sp³-hybridized carbons (Fsp3) is 0.0426. The molecular formula is C47H33N3S. The lowest BCUT2D eigenvalue weighted by Gasteiger charge is -2.39. The third-order valence-corrected chi connectivity index (χ3v) is 11.6. The average Bonchev–Trinajstić information content (AvgIpc) is 3.48. The minimum atomic E-state index is -0.387. The topological polar surface area (TPSA) is 27.6 Å². The second kappa shape index (κ2) is 11.8. The van der Waals surface area contributed by atoms with Crippen LogP contribution in [0.4, 0.5) is 0 Å². The van der Waals surface area contributed by atoms with Gasteiger partial charge >= 0.3 is 0 Å². The first kappa shape index (κ1) is 29.8. The molecular weight excluding hydrogens is 639 g/mol. The summed E-state index contributed by atoms with van der Waals surface area (Å²) in [5, 5.41) is 2.13. The van der Waals surface area contributed by atoms with E-state index < -0.39 is 0 Å². The Labute approximate surface area is 302 Å². The fourth-order valence-electron chi connectivity index (χ4n) is 8.36. The molecule has 1 aliphatic carbocycles. The molecule has 7 aromatic carbocycles. The summed E-state index contributed by atoms with van der Waals surface area (Å²) in [4.78, 5) is 7.93. The van der Waals surface area contributed by atoms with Gasteiger partial charge in [0.25, 0.3) is 0 Å². The highest BCUT2D eigenvalue weighted by Gasteiger charge is 2.50. The van der Waals surface area contributed by atoms with Gasteiger partial charge in [-0.25, -0.2) is 4.99 Å². The van der Waals surface area contributed by atoms with Crippen molar-refractivity contribution in [2.75, 3.05) is 7.05 Å². The van der Waals surface area contributed by atoms with E-state index in [1.165, 1.54) is 48.7 Å². The Kier molecular flexibility index (Phi) is 6.87. The first-order valence-electron chi connectivity index (χ1n) is 17.4. The average molecular weight is 672 g/mol. The smallest absolute Gasteiger partial charge is 0.152 e. The number of fused-ring (bicyclic) bond motifs is 9. The molecule has 51 heavy (non-hydrogen) atoms. The van der Waals surface area contributed by atoms with Gasteiger partial charge in [0.15, 0.2) is 5.84 Å². The minimum Gasteiger partial charge on any atom is -0.287 e. The molecule has 1 spiro atoms. The van der Waals surface area contributed by atoms with Crippen LogP contribution in [0.5, 0.6) is 0 Å². The van der Waals surface area contributed by atoms with Crippen molar-refractivity contribution in [3.63, 3.8) is 0 Å². The van der Waals surface area contributed by atoms with Gasteiger partial charge < -0.3 is 0 Å². The predicted octanol–water partition coefficient (Wildman–Crippen LogP) is 10.9. The van der Waals surface area contributed by atoms with Crippen LogP contribution in [0.2, 0.25) is 0 Å². The third kappa shape index (κ3) is 4.50. The molecule has 1 N–H and O–H groups in total. The predicted molar refractivity (Wildman–Crippen MR) is 210 cm³/mol. The zero-order valence-corrected chi connectivity index (χ0v) is 28.9. The Hall–Kier alpha value is -6.10. The Morgan fingerprint density at radius 1 is 0.471 bits per heavy atom. The van der Waals surface area contributed by atoms with Crippen molar-refractivity contribution >= 4 is 29.0 Å². The second-order valence-corrected chi connectivity index (χ2v) is 14.3. The maximum atomic E-state index is 5.29. The zero-order chi connectivity index (χ0) is 33.9. The standard InChI is InChI=1S/C47H33N3S/c1-50-45(44(31-16-4-2-5-17-31)48-46(49-50)32-18-6-3-7-19-32)36-22-9-8-20-34(36)33-28-29-39-37(30-33)35-21-10-11-23-38(35)47(39)40-24-12-14-26-42(40)51-43-27-15-13-25-41(43)47/h2-30H,1H3,(H,48,49). The number of benzene rings is 7. The molecule has 2 heterocycles. The molecule has 4 heteroatoms. The maximum absolute atomic E-state index is 5.29. The van der Waals surface area contributed by atoms with Gasteiger partial charge in [0.2, 0.25) is 0 Å². The Morgan fingerprint density at radius 2 is 1.00 bits per heavy atom. The molecule has 0 amide bonds. The summed E-state index contributed by atoms with van der Waals surface area (Å²) in [6, 6.07) is 63.7. The van der Waals surface area contributed by atoms with Crippen LogP contribution in [0.1, 0.15) is 38.9 Å². The third-order valence-electron chi connectivity index (χ3n) is 10.5. The molecule has 3 nitrogen and oxygen atoms in total. The summed E-state index contributed by atoms with van der Waals surface area (Å²) in [6.07, 6.45) is 0. The van der Waals surface area contributed by atoms with Crippen molar-refractivity contribution < 1.29 is 0 Å². The van der Waals surface area contributed by atoms with Gasteiger partial charge in [0.05, 0.1) is 16.8 Å². The van der Waals surface area contributed by atoms with E-state index in [0.717, 1.165) is 39.5 Å². The van der Waals surface area contributed by atoms with Gasteiger partial charge in [-0.05, 0) is 62.7 Å². The largest absolute Gasteiger partial charge is 0.287 e. The van der Waals surface area contributed by atoms with E-state index in [4.69, 9.17) is 4.99 Å². The zero-order valence-electron chi connectivity index (χ0n) is 28.0. The van der Waals surface area contributed by atoms with Crippen LogP contribution in [0.25, 0.3) is 33.6 Å². The van der Waals surface area contributed by atoms with Crippen LogP contribution >= 0.6 is 11.8 Å². The van der Waals surface area contributed by atoms with Crippen molar-refractivity contribution in [3.8, 4) is 22.3 Å². The summed E-state index contributed by atoms with van der Waals surface area (Å²) < 4.78 is 0. The lowest BCUT2D eigenvalue weighted by molar-refractivity contribution is 0.429. The number of hydrogen-bond donors (Lipinski definition) is 1. The van der Waals surface area contributed by atoms with Gasteiger partial charge in [-0.2, -0.15) is 0 Å². The van der Waals surface area contributed by atoms with Crippen LogP contribution in [-0.4, -0.2) is 17.9 Å². The van der Waals surface area contributed by atoms with Crippen molar-refractivity contribution in [1.82, 2.24) is 10.4 Å². The molecule has 0 atom stereocenters. The van der Waals surface area contributed by atoms with E-state index in [0.29, 0.717) is 0 Å². The van der Waals surface area contributed by atoms with E-state index in [9.17, 15) is 0 Å². The van der Waals surface area contributed by atoms with E-state index in [1.54, 1.807) is 0 Å². The summed E-state index contributed by atoms with van der Waals surface area (Å²) >= 11 is 1.88. The molecule has 242 valence electrons. The van der Waals surface area contributed by atoms with Crippen LogP contribution in [0.15, 0.2) is 191 Å². The van der Waals surface area contributed by atoms with E-state index >= 15 is 0 Å². The monoisotopic (exact) mass is 671 g/mol. The van der Waals surface area contributed by atoms with Crippen molar-refractivity contribution in [1.29, 1.82) is 0 Å². The van der Waals surface area contributed by atoms with Gasteiger partial charge in [-0.3, -0.25) is 10.4 Å². The number of nitrogens with zero attached hydrogens (tertiary/aromatic N) is 2. The molecule has 0 fully saturated rings. The van der Waals surface area contributed by atoms with E-state index in [1.807, 2.05) is 17.8 Å². The summed E-state index contributed by atoms with van der Waals surface area (Å²) in [5.41, 5.74) is 18.7. The summed E-state index contributed by atoms with van der Waals surface area (Å²) in [6.45, 7) is 0. The normalized spacial score (nSPS) is 15.0. The van der Waals surface area contributed by atoms with E-state index in [2.05, 4.69) is 187 Å². The molecule has 7 aromatic rings. The Bertz CT molecular complexity index is 2510. The molecule has 0 saturated heterocycles. The Morgan fingerprint density at radius 3 is 1.69 bits per heavy atom. The van der Waals surface area contributed by atoms with Crippen LogP contribution in [-0.2, 0) is 5.41 Å². The number of hydrogen-bond acceptors (Lipinski definition) is 4. The van der Waals surface area contributed by atoms with Gasteiger partial charge in [0, 0.05) is 33.5 Å². The maximum Gasteiger partial charge on any atom is 0.152 e. The molecule has 2 aliphatic heterocycles. The van der Waals surface area contributed by atoms with Gasteiger partial charge in [0.1, 0.15) is 0 Å². The highest BCUT2D eigenvalue weighted by molar-refractivity contribution is 7.99. The van der Waals surface area contributed by atoms with Gasteiger partial charge in [-0.1, -0.05) is 169 Å². The van der Waals surface area contributed by atoms with Crippen LogP contribution < -0.4 is 5.43 Å². The number of rotatable bonds is 4. The summed E-state index contributed by atoms with van der Waals surface area (Å²) in [7, 11) is 2.09. The van der Waals surface area contributed by atoms with Crippen molar-refractivity contribution in [3.05, 3.63) is 215 Å². The summed E-state index contributed by atoms with van der Waals surface area (Å²) in [5.74, 6) is 0.823. The number of aliphatic imine (C=N–C) groups is 1. The molecule has 3 aliphatic rings. The minimum absolute atomic E-state index is 0.387. The highest BCUT2D eigenvalue weighted by atomic mass is 32.2. The lowest BCUT2D eigenvalue weighted by atomic mass is 9.67. The van der Waals surface area contributed by atoms with Crippen molar-refractivity contribution in [2.24, 2.45) is 4.99 Å². The molecule has 0 bridgehead atoms. The molecule has 10 rings (SSSR count). The van der Waals surface area contributed by atoms with Gasteiger partial charge in [-0.15, -0.1) is 0 Å². The van der Waals surface area contributed by atoms with Crippen LogP contribution in [0.3, 0.4) is 0 Å². The fourth-order valence-corrected chi connectivity index (χ4v) is 9.55. The first-order valence-corrected chi connectivity index (χ1v) is 18.2. The number of nitrogens with one attached hydrogen (secondary N) is 1. The number of hydrazine groups is 1.